The first-order valence-corrected chi connectivity index (χ1v) is 41.4. The molecule has 0 saturated carbocycles. The van der Waals surface area contributed by atoms with Crippen molar-refractivity contribution in [1.29, 1.82) is 0 Å². The average Bonchev–Trinajstić information content (AvgIpc) is 3.64. The van der Waals surface area contributed by atoms with Crippen LogP contribution in [-0.2, 0) is 14.3 Å². The van der Waals surface area contributed by atoms with Gasteiger partial charge in [0.25, 0.3) is 0 Å². The molecular formula is C83H163NO5. The van der Waals surface area contributed by atoms with Crippen LogP contribution in [0.5, 0.6) is 0 Å². The first-order valence-electron chi connectivity index (χ1n) is 41.4. The fourth-order valence-corrected chi connectivity index (χ4v) is 13.5. The molecule has 6 heteroatoms. The minimum atomic E-state index is -0.663. The predicted molar refractivity (Wildman–Crippen MR) is 394 cm³/mol. The van der Waals surface area contributed by atoms with Crippen LogP contribution in [0.2, 0.25) is 0 Å². The highest BCUT2D eigenvalue weighted by molar-refractivity contribution is 5.76. The fourth-order valence-electron chi connectivity index (χ4n) is 13.5. The van der Waals surface area contributed by atoms with Gasteiger partial charge in [-0.1, -0.05) is 431 Å². The SMILES string of the molecule is CCCCCCCCC/C=C\CCCCCCCC(=O)OCCCCCCCCCCCCCCCCCCCCCCCCCCCCCCCCCC(=O)NC(CO)C(O)CCCCCCCCCCCCCCCCCCCCCCCCCCC. The molecule has 0 heterocycles. The summed E-state index contributed by atoms with van der Waals surface area (Å²) >= 11 is 0. The van der Waals surface area contributed by atoms with E-state index in [4.69, 9.17) is 4.74 Å². The van der Waals surface area contributed by atoms with E-state index in [1.807, 2.05) is 0 Å². The molecule has 0 aromatic carbocycles. The van der Waals surface area contributed by atoms with E-state index in [9.17, 15) is 19.8 Å². The van der Waals surface area contributed by atoms with Crippen molar-refractivity contribution in [2.24, 2.45) is 0 Å². The van der Waals surface area contributed by atoms with Crippen molar-refractivity contribution < 1.29 is 24.5 Å². The maximum atomic E-state index is 12.6. The summed E-state index contributed by atoms with van der Waals surface area (Å²) in [7, 11) is 0. The van der Waals surface area contributed by atoms with Gasteiger partial charge in [-0.3, -0.25) is 9.59 Å². The van der Waals surface area contributed by atoms with E-state index >= 15 is 0 Å². The van der Waals surface area contributed by atoms with Gasteiger partial charge in [0.2, 0.25) is 5.91 Å². The van der Waals surface area contributed by atoms with Gasteiger partial charge in [0.05, 0.1) is 25.4 Å². The molecule has 3 N–H and O–H groups in total. The summed E-state index contributed by atoms with van der Waals surface area (Å²) in [5, 5.41) is 23.5. The largest absolute Gasteiger partial charge is 0.466 e. The van der Waals surface area contributed by atoms with Crippen molar-refractivity contribution in [1.82, 2.24) is 5.32 Å². The summed E-state index contributed by atoms with van der Waals surface area (Å²) in [5.74, 6) is -0.00946. The number of carbonyl (C=O) groups is 2. The smallest absolute Gasteiger partial charge is 0.305 e. The van der Waals surface area contributed by atoms with E-state index in [2.05, 4.69) is 31.3 Å². The first-order chi connectivity index (χ1) is 44.0. The third kappa shape index (κ3) is 75.5. The lowest BCUT2D eigenvalue weighted by molar-refractivity contribution is -0.143. The number of amides is 1. The predicted octanol–water partition coefficient (Wildman–Crippen LogP) is 27.4. The van der Waals surface area contributed by atoms with Crippen molar-refractivity contribution in [3.63, 3.8) is 0 Å². The molecule has 0 spiro atoms. The molecule has 0 aliphatic rings. The summed E-state index contributed by atoms with van der Waals surface area (Å²) in [4.78, 5) is 24.7. The van der Waals surface area contributed by atoms with Crippen LogP contribution in [-0.4, -0.2) is 47.4 Å². The maximum Gasteiger partial charge on any atom is 0.305 e. The molecule has 1 amide bonds. The second kappa shape index (κ2) is 79.0. The van der Waals surface area contributed by atoms with Crippen molar-refractivity contribution in [3.05, 3.63) is 12.2 Å². The molecular weight excluding hydrogens is 1090 g/mol. The summed E-state index contributed by atoms with van der Waals surface area (Å²) in [5.41, 5.74) is 0. The molecule has 2 atom stereocenters. The molecule has 0 aliphatic heterocycles. The van der Waals surface area contributed by atoms with Gasteiger partial charge in [-0.25, -0.2) is 0 Å². The molecule has 0 saturated heterocycles. The molecule has 0 aromatic rings. The highest BCUT2D eigenvalue weighted by Gasteiger charge is 2.20. The van der Waals surface area contributed by atoms with Crippen LogP contribution < -0.4 is 5.32 Å². The van der Waals surface area contributed by atoms with Crippen LogP contribution in [0.15, 0.2) is 12.2 Å². The number of aliphatic hydroxyl groups is 2. The van der Waals surface area contributed by atoms with Gasteiger partial charge in [-0.2, -0.15) is 0 Å². The number of rotatable bonds is 79. The summed E-state index contributed by atoms with van der Waals surface area (Å²) in [6, 6.07) is -0.539. The van der Waals surface area contributed by atoms with E-state index in [1.165, 1.54) is 405 Å². The zero-order chi connectivity index (χ0) is 64.2. The summed E-state index contributed by atoms with van der Waals surface area (Å²) in [6.07, 6.45) is 100. The Morgan fingerprint density at radius 1 is 0.303 bits per heavy atom. The lowest BCUT2D eigenvalue weighted by atomic mass is 10.0. The summed E-state index contributed by atoms with van der Waals surface area (Å²) in [6.45, 7) is 5.01. The Morgan fingerprint density at radius 3 is 0.798 bits per heavy atom. The molecule has 0 aromatic heterocycles. The number of nitrogens with one attached hydrogen (secondary N) is 1. The molecule has 2 unspecified atom stereocenters. The molecule has 0 radical (unpaired) electrons. The van der Waals surface area contributed by atoms with Crippen molar-refractivity contribution in [3.8, 4) is 0 Å². The van der Waals surface area contributed by atoms with E-state index in [0.29, 0.717) is 25.9 Å². The third-order valence-electron chi connectivity index (χ3n) is 19.8. The monoisotopic (exact) mass is 1250 g/mol. The number of hydrogen-bond donors (Lipinski definition) is 3. The van der Waals surface area contributed by atoms with Gasteiger partial charge in [0.1, 0.15) is 0 Å². The Kier molecular flexibility index (Phi) is 77.8. The number of carbonyl (C=O) groups excluding carboxylic acids is 2. The zero-order valence-corrected chi connectivity index (χ0v) is 61.0. The highest BCUT2D eigenvalue weighted by atomic mass is 16.5. The van der Waals surface area contributed by atoms with Gasteiger partial charge in [-0.05, 0) is 51.4 Å². The first kappa shape index (κ1) is 87.6. The number of allylic oxidation sites excluding steroid dienone is 2. The van der Waals surface area contributed by atoms with Gasteiger partial charge in [0.15, 0.2) is 0 Å². The van der Waals surface area contributed by atoms with Crippen molar-refractivity contribution in [2.75, 3.05) is 13.2 Å². The van der Waals surface area contributed by atoms with Gasteiger partial charge < -0.3 is 20.3 Å². The minimum absolute atomic E-state index is 0.0148. The van der Waals surface area contributed by atoms with Crippen LogP contribution in [0.1, 0.15) is 483 Å². The summed E-state index contributed by atoms with van der Waals surface area (Å²) < 4.78 is 5.51. The van der Waals surface area contributed by atoms with Gasteiger partial charge in [0, 0.05) is 12.8 Å². The zero-order valence-electron chi connectivity index (χ0n) is 61.0. The Balaban J connectivity index is 3.33. The highest BCUT2D eigenvalue weighted by Crippen LogP contribution is 2.21. The number of unbranched alkanes of at least 4 members (excludes halogenated alkanes) is 66. The standard InChI is InChI=1S/C83H163NO5/c1-3-5-7-9-11-13-15-17-19-21-22-23-24-32-35-38-41-44-47-51-55-59-63-67-71-75-81(86)80(79-85)84-82(87)76-72-68-64-60-56-52-48-45-42-39-36-33-30-28-26-25-27-29-31-34-37-40-43-46-50-54-58-62-66-70-74-78-89-83(88)77-73-69-65-61-57-53-49-20-18-16-14-12-10-8-6-4-2/h20,49,80-81,85-86H,3-19,21-48,50-79H2,1-2H3,(H,84,87)/b49-20-. The Morgan fingerprint density at radius 2 is 0.528 bits per heavy atom. The fraction of sp³-hybridized carbons (Fsp3) is 0.952. The van der Waals surface area contributed by atoms with Crippen LogP contribution in [0.4, 0.5) is 0 Å². The van der Waals surface area contributed by atoms with E-state index in [-0.39, 0.29) is 18.5 Å². The van der Waals surface area contributed by atoms with Crippen molar-refractivity contribution in [2.45, 2.75) is 495 Å². The number of aliphatic hydroxyl groups excluding tert-OH is 2. The average molecular weight is 1260 g/mol. The van der Waals surface area contributed by atoms with E-state index in [1.54, 1.807) is 0 Å². The quantitative estimate of drug-likeness (QED) is 0.0320. The van der Waals surface area contributed by atoms with Crippen LogP contribution in [0.25, 0.3) is 0 Å². The maximum absolute atomic E-state index is 12.6. The van der Waals surface area contributed by atoms with Gasteiger partial charge in [-0.15, -0.1) is 0 Å². The Labute approximate surface area is 559 Å². The van der Waals surface area contributed by atoms with Crippen LogP contribution >= 0.6 is 0 Å². The van der Waals surface area contributed by atoms with Crippen LogP contribution in [0, 0.1) is 0 Å². The normalized spacial score (nSPS) is 12.4. The molecule has 0 aliphatic carbocycles. The van der Waals surface area contributed by atoms with Gasteiger partial charge >= 0.3 is 5.97 Å². The molecule has 0 fully saturated rings. The second-order valence-corrected chi connectivity index (χ2v) is 28.8. The number of esters is 1. The van der Waals surface area contributed by atoms with Crippen molar-refractivity contribution >= 4 is 11.9 Å². The molecule has 0 bridgehead atoms. The number of ether oxygens (including phenoxy) is 1. The van der Waals surface area contributed by atoms with E-state index < -0.39 is 12.1 Å². The second-order valence-electron chi connectivity index (χ2n) is 28.8. The molecule has 6 nitrogen and oxygen atoms in total. The van der Waals surface area contributed by atoms with Crippen LogP contribution in [0.3, 0.4) is 0 Å². The molecule has 0 rings (SSSR count). The third-order valence-corrected chi connectivity index (χ3v) is 19.8. The van der Waals surface area contributed by atoms with E-state index in [0.717, 1.165) is 44.9 Å². The Hall–Kier alpha value is -1.40. The lowest BCUT2D eigenvalue weighted by Crippen LogP contribution is -2.45. The lowest BCUT2D eigenvalue weighted by Gasteiger charge is -2.22. The Bertz CT molecular complexity index is 1350. The minimum Gasteiger partial charge on any atom is -0.466 e. The molecule has 89 heavy (non-hydrogen) atoms. The topological polar surface area (TPSA) is 95.9 Å². The molecule has 530 valence electrons. The number of hydrogen-bond acceptors (Lipinski definition) is 5.